The highest BCUT2D eigenvalue weighted by atomic mass is 32.1. The SMILES string of the molecule is COc1ccc(C(O)(c2ccccc2)c2ccns2)cc1. The minimum absolute atomic E-state index is 0.762. The fraction of sp³-hybridized carbons (Fsp3) is 0.118. The second-order valence-electron chi connectivity index (χ2n) is 4.68. The van der Waals surface area contributed by atoms with Gasteiger partial charge in [0.05, 0.1) is 12.0 Å². The Morgan fingerprint density at radius 2 is 1.62 bits per heavy atom. The molecule has 1 aromatic heterocycles. The summed E-state index contributed by atoms with van der Waals surface area (Å²) in [5, 5.41) is 11.4. The lowest BCUT2D eigenvalue weighted by Crippen LogP contribution is -2.27. The molecule has 3 nitrogen and oxygen atoms in total. The standard InChI is InChI=1S/C17H15NO2S/c1-20-15-9-7-14(8-10-15)17(19,16-11-12-18-21-16)13-5-3-2-4-6-13/h2-12,19H,1H3. The average molecular weight is 297 g/mol. The molecule has 106 valence electrons. The largest absolute Gasteiger partial charge is 0.497 e. The maximum atomic E-state index is 11.4. The zero-order valence-corrected chi connectivity index (χ0v) is 12.4. The second-order valence-corrected chi connectivity index (χ2v) is 5.51. The van der Waals surface area contributed by atoms with Crippen molar-refractivity contribution in [3.8, 4) is 5.75 Å². The summed E-state index contributed by atoms with van der Waals surface area (Å²) in [7, 11) is 1.63. The van der Waals surface area contributed by atoms with E-state index >= 15 is 0 Å². The van der Waals surface area contributed by atoms with Crippen molar-refractivity contribution in [1.29, 1.82) is 0 Å². The number of aliphatic hydroxyl groups is 1. The first kappa shape index (κ1) is 13.8. The van der Waals surface area contributed by atoms with Gasteiger partial charge in [-0.25, -0.2) is 4.37 Å². The normalized spacial score (nSPS) is 13.6. The lowest BCUT2D eigenvalue weighted by molar-refractivity contribution is 0.129. The summed E-state index contributed by atoms with van der Waals surface area (Å²) in [6, 6.07) is 18.9. The van der Waals surface area contributed by atoms with Gasteiger partial charge in [-0.3, -0.25) is 0 Å². The molecule has 4 heteroatoms. The van der Waals surface area contributed by atoms with E-state index in [9.17, 15) is 5.11 Å². The van der Waals surface area contributed by atoms with Crippen LogP contribution in [0.4, 0.5) is 0 Å². The summed E-state index contributed by atoms with van der Waals surface area (Å²) in [5.74, 6) is 0.762. The highest BCUT2D eigenvalue weighted by Crippen LogP contribution is 2.38. The topological polar surface area (TPSA) is 42.4 Å². The molecule has 1 heterocycles. The molecule has 1 atom stereocenters. The van der Waals surface area contributed by atoms with Crippen molar-refractivity contribution in [2.24, 2.45) is 0 Å². The Hall–Kier alpha value is -2.17. The van der Waals surface area contributed by atoms with Crippen LogP contribution in [0.5, 0.6) is 5.75 Å². The molecular formula is C17H15NO2S. The van der Waals surface area contributed by atoms with Gasteiger partial charge in [-0.05, 0) is 40.9 Å². The minimum Gasteiger partial charge on any atom is -0.497 e. The maximum absolute atomic E-state index is 11.4. The summed E-state index contributed by atoms with van der Waals surface area (Å²) >= 11 is 1.30. The number of hydrogen-bond donors (Lipinski definition) is 1. The molecule has 1 unspecified atom stereocenters. The summed E-state index contributed by atoms with van der Waals surface area (Å²) in [6.07, 6.45) is 1.71. The molecule has 0 aliphatic heterocycles. The van der Waals surface area contributed by atoms with Crippen LogP contribution in [0, 0.1) is 0 Å². The van der Waals surface area contributed by atoms with Crippen LogP contribution in [0.15, 0.2) is 66.9 Å². The van der Waals surface area contributed by atoms with E-state index in [1.54, 1.807) is 13.3 Å². The number of benzene rings is 2. The van der Waals surface area contributed by atoms with E-state index < -0.39 is 5.60 Å². The summed E-state index contributed by atoms with van der Waals surface area (Å²) in [4.78, 5) is 0.791. The van der Waals surface area contributed by atoms with E-state index in [4.69, 9.17) is 4.74 Å². The summed E-state index contributed by atoms with van der Waals surface area (Å²) in [5.41, 5.74) is 0.410. The first-order chi connectivity index (χ1) is 10.2. The van der Waals surface area contributed by atoms with Crippen LogP contribution in [0.25, 0.3) is 0 Å². The van der Waals surface area contributed by atoms with E-state index in [2.05, 4.69) is 4.37 Å². The molecule has 0 aliphatic rings. The average Bonchev–Trinajstić information content (AvgIpc) is 3.10. The molecule has 0 spiro atoms. The molecule has 0 radical (unpaired) electrons. The van der Waals surface area contributed by atoms with Gasteiger partial charge in [0.2, 0.25) is 0 Å². The fourth-order valence-electron chi connectivity index (χ4n) is 2.37. The van der Waals surface area contributed by atoms with Crippen molar-refractivity contribution in [2.45, 2.75) is 5.60 Å². The van der Waals surface area contributed by atoms with Gasteiger partial charge in [0.1, 0.15) is 5.75 Å². The Labute approximate surface area is 127 Å². The molecule has 3 rings (SSSR count). The molecule has 21 heavy (non-hydrogen) atoms. The smallest absolute Gasteiger partial charge is 0.151 e. The van der Waals surface area contributed by atoms with Crippen LogP contribution in [0.1, 0.15) is 16.0 Å². The van der Waals surface area contributed by atoms with E-state index in [1.165, 1.54) is 11.5 Å². The number of ether oxygens (including phenoxy) is 1. The number of nitrogens with zero attached hydrogens (tertiary/aromatic N) is 1. The lowest BCUT2D eigenvalue weighted by atomic mass is 9.85. The minimum atomic E-state index is -1.20. The summed E-state index contributed by atoms with van der Waals surface area (Å²) in [6.45, 7) is 0. The maximum Gasteiger partial charge on any atom is 0.151 e. The van der Waals surface area contributed by atoms with Gasteiger partial charge in [0, 0.05) is 6.20 Å². The molecular weight excluding hydrogens is 282 g/mol. The van der Waals surface area contributed by atoms with Crippen LogP contribution in [0.3, 0.4) is 0 Å². The summed E-state index contributed by atoms with van der Waals surface area (Å²) < 4.78 is 9.32. The van der Waals surface area contributed by atoms with Crippen molar-refractivity contribution in [3.63, 3.8) is 0 Å². The van der Waals surface area contributed by atoms with Gasteiger partial charge in [-0.1, -0.05) is 42.5 Å². The Morgan fingerprint density at radius 3 is 2.19 bits per heavy atom. The van der Waals surface area contributed by atoms with Crippen LogP contribution < -0.4 is 4.74 Å². The number of methoxy groups -OCH3 is 1. The highest BCUT2D eigenvalue weighted by molar-refractivity contribution is 7.05. The molecule has 0 amide bonds. The number of hydrogen-bond acceptors (Lipinski definition) is 4. The van der Waals surface area contributed by atoms with Gasteiger partial charge in [0.15, 0.2) is 5.60 Å². The van der Waals surface area contributed by atoms with Crippen LogP contribution in [-0.2, 0) is 5.60 Å². The molecule has 3 aromatic rings. The van der Waals surface area contributed by atoms with Crippen molar-refractivity contribution < 1.29 is 9.84 Å². The Bertz CT molecular complexity index is 695. The second kappa shape index (κ2) is 5.68. The van der Waals surface area contributed by atoms with E-state index in [0.29, 0.717) is 0 Å². The van der Waals surface area contributed by atoms with Gasteiger partial charge in [-0.2, -0.15) is 0 Å². The molecule has 1 N–H and O–H groups in total. The van der Waals surface area contributed by atoms with Crippen molar-refractivity contribution in [3.05, 3.63) is 82.9 Å². The molecule has 0 aliphatic carbocycles. The fourth-order valence-corrected chi connectivity index (χ4v) is 3.09. The zero-order valence-electron chi connectivity index (χ0n) is 11.6. The third kappa shape index (κ3) is 2.44. The number of rotatable bonds is 4. The van der Waals surface area contributed by atoms with Crippen LogP contribution >= 0.6 is 11.5 Å². The predicted octanol–water partition coefficient (Wildman–Crippen LogP) is 3.44. The number of aromatic nitrogens is 1. The van der Waals surface area contributed by atoms with Crippen molar-refractivity contribution in [1.82, 2.24) is 4.37 Å². The predicted molar refractivity (Wildman–Crippen MR) is 83.7 cm³/mol. The third-order valence-electron chi connectivity index (χ3n) is 3.49. The molecule has 0 saturated carbocycles. The quantitative estimate of drug-likeness (QED) is 0.802. The highest BCUT2D eigenvalue weighted by Gasteiger charge is 2.35. The van der Waals surface area contributed by atoms with Gasteiger partial charge >= 0.3 is 0 Å². The molecule has 0 fully saturated rings. The van der Waals surface area contributed by atoms with Crippen LogP contribution in [0.2, 0.25) is 0 Å². The Morgan fingerprint density at radius 1 is 0.952 bits per heavy atom. The van der Waals surface area contributed by atoms with E-state index in [0.717, 1.165) is 21.8 Å². The zero-order chi connectivity index (χ0) is 14.7. The molecule has 0 bridgehead atoms. The Kier molecular flexibility index (Phi) is 3.73. The lowest BCUT2D eigenvalue weighted by Gasteiger charge is -2.28. The Balaban J connectivity index is 2.16. The van der Waals surface area contributed by atoms with Crippen molar-refractivity contribution in [2.75, 3.05) is 7.11 Å². The van der Waals surface area contributed by atoms with Crippen molar-refractivity contribution >= 4 is 11.5 Å². The van der Waals surface area contributed by atoms with Gasteiger partial charge < -0.3 is 9.84 Å². The van der Waals surface area contributed by atoms with Crippen LogP contribution in [-0.4, -0.2) is 16.6 Å². The molecule has 0 saturated heterocycles. The molecule has 2 aromatic carbocycles. The van der Waals surface area contributed by atoms with E-state index in [1.807, 2.05) is 60.7 Å². The van der Waals surface area contributed by atoms with Gasteiger partial charge in [0.25, 0.3) is 0 Å². The van der Waals surface area contributed by atoms with E-state index in [-0.39, 0.29) is 0 Å². The monoisotopic (exact) mass is 297 g/mol. The first-order valence-corrected chi connectivity index (χ1v) is 7.36. The first-order valence-electron chi connectivity index (χ1n) is 6.58. The third-order valence-corrected chi connectivity index (χ3v) is 4.35. The van der Waals surface area contributed by atoms with Gasteiger partial charge in [-0.15, -0.1) is 0 Å².